The quantitative estimate of drug-likeness (QED) is 0.779. The van der Waals surface area contributed by atoms with Crippen LogP contribution in [0.1, 0.15) is 18.1 Å². The number of hydrogen-bond acceptors (Lipinski definition) is 3. The largest absolute Gasteiger partial charge is 0.295 e. The second-order valence-corrected chi connectivity index (χ2v) is 6.26. The van der Waals surface area contributed by atoms with Gasteiger partial charge in [0.2, 0.25) is 0 Å². The Morgan fingerprint density at radius 3 is 2.21 bits per heavy atom. The van der Waals surface area contributed by atoms with Gasteiger partial charge in [-0.2, -0.15) is 5.10 Å². The summed E-state index contributed by atoms with van der Waals surface area (Å²) in [6.07, 6.45) is 4.13. The summed E-state index contributed by atoms with van der Waals surface area (Å²) in [5.74, 6) is 0. The average molecular weight is 319 g/mol. The lowest BCUT2D eigenvalue weighted by atomic mass is 10.1. The first-order valence-corrected chi connectivity index (χ1v) is 8.58. The lowest BCUT2D eigenvalue weighted by Gasteiger charge is -2.33. The monoisotopic (exact) mass is 319 g/mol. The fraction of sp³-hybridized carbons (Fsp3) is 0.286. The van der Waals surface area contributed by atoms with Crippen molar-refractivity contribution in [3.05, 3.63) is 77.4 Å². The molecule has 1 fully saturated rings. The third kappa shape index (κ3) is 5.07. The predicted octanol–water partition coefficient (Wildman–Crippen LogP) is 3.89. The molecule has 2 aromatic rings. The minimum atomic E-state index is 0.988. The molecular formula is C21H25N3. The van der Waals surface area contributed by atoms with Gasteiger partial charge in [-0.1, -0.05) is 66.7 Å². The molecule has 0 bridgehead atoms. The van der Waals surface area contributed by atoms with E-state index in [4.69, 9.17) is 0 Å². The van der Waals surface area contributed by atoms with E-state index in [1.807, 2.05) is 12.3 Å². The van der Waals surface area contributed by atoms with Gasteiger partial charge in [-0.3, -0.25) is 9.91 Å². The summed E-state index contributed by atoms with van der Waals surface area (Å²) in [6, 6.07) is 21.1. The standard InChI is InChI=1S/C21H25N3/c1-19(16-20-8-4-2-5-9-20)17-22-24-14-12-23(13-15-24)18-21-10-6-3-7-11-21/h2-11,16-17H,12-15,18H2,1H3/b19-16?,22-17-. The van der Waals surface area contributed by atoms with Crippen LogP contribution in [0, 0.1) is 0 Å². The van der Waals surface area contributed by atoms with Crippen LogP contribution in [-0.2, 0) is 6.54 Å². The summed E-state index contributed by atoms with van der Waals surface area (Å²) < 4.78 is 0. The first kappa shape index (κ1) is 16.5. The molecule has 1 heterocycles. The van der Waals surface area contributed by atoms with Gasteiger partial charge in [0.1, 0.15) is 0 Å². The van der Waals surface area contributed by atoms with Crippen LogP contribution in [0.5, 0.6) is 0 Å². The average Bonchev–Trinajstić information content (AvgIpc) is 2.63. The molecule has 1 saturated heterocycles. The van der Waals surface area contributed by atoms with Crippen molar-refractivity contribution in [1.29, 1.82) is 0 Å². The summed E-state index contributed by atoms with van der Waals surface area (Å²) >= 11 is 0. The highest BCUT2D eigenvalue weighted by atomic mass is 15.5. The van der Waals surface area contributed by atoms with Gasteiger partial charge in [0.05, 0.1) is 0 Å². The van der Waals surface area contributed by atoms with E-state index in [9.17, 15) is 0 Å². The minimum absolute atomic E-state index is 0.988. The van der Waals surface area contributed by atoms with Gasteiger partial charge in [0.25, 0.3) is 0 Å². The smallest absolute Gasteiger partial charge is 0.0499 e. The van der Waals surface area contributed by atoms with Crippen molar-refractivity contribution in [2.75, 3.05) is 26.2 Å². The van der Waals surface area contributed by atoms with Crippen molar-refractivity contribution < 1.29 is 0 Å². The maximum absolute atomic E-state index is 4.63. The van der Waals surface area contributed by atoms with E-state index in [0.29, 0.717) is 0 Å². The van der Waals surface area contributed by atoms with E-state index >= 15 is 0 Å². The number of rotatable bonds is 5. The minimum Gasteiger partial charge on any atom is -0.295 e. The SMILES string of the molecule is CC(=Cc1ccccc1)/C=N\N1CCN(Cc2ccccc2)CC1. The van der Waals surface area contributed by atoms with Gasteiger partial charge in [-0.25, -0.2) is 0 Å². The van der Waals surface area contributed by atoms with E-state index in [-0.39, 0.29) is 0 Å². The van der Waals surface area contributed by atoms with Crippen LogP contribution in [0.2, 0.25) is 0 Å². The molecule has 1 aliphatic rings. The topological polar surface area (TPSA) is 18.8 Å². The highest BCUT2D eigenvalue weighted by molar-refractivity contribution is 5.84. The first-order chi connectivity index (χ1) is 11.8. The van der Waals surface area contributed by atoms with Crippen molar-refractivity contribution in [3.8, 4) is 0 Å². The molecule has 24 heavy (non-hydrogen) atoms. The number of allylic oxidation sites excluding steroid dienone is 1. The molecule has 0 aromatic heterocycles. The molecule has 0 amide bonds. The van der Waals surface area contributed by atoms with Gasteiger partial charge < -0.3 is 0 Å². The molecule has 3 nitrogen and oxygen atoms in total. The van der Waals surface area contributed by atoms with Crippen molar-refractivity contribution in [2.24, 2.45) is 5.10 Å². The van der Waals surface area contributed by atoms with Gasteiger partial charge >= 0.3 is 0 Å². The van der Waals surface area contributed by atoms with E-state index < -0.39 is 0 Å². The zero-order chi connectivity index (χ0) is 16.6. The Labute approximate surface area is 144 Å². The van der Waals surface area contributed by atoms with Gasteiger partial charge in [-0.15, -0.1) is 0 Å². The predicted molar refractivity (Wildman–Crippen MR) is 102 cm³/mol. The van der Waals surface area contributed by atoms with Gasteiger partial charge in [0.15, 0.2) is 0 Å². The van der Waals surface area contributed by atoms with Crippen molar-refractivity contribution >= 4 is 12.3 Å². The van der Waals surface area contributed by atoms with Crippen molar-refractivity contribution in [3.63, 3.8) is 0 Å². The summed E-state index contributed by atoms with van der Waals surface area (Å²) in [5, 5.41) is 6.80. The van der Waals surface area contributed by atoms with Gasteiger partial charge in [0, 0.05) is 38.9 Å². The fourth-order valence-electron chi connectivity index (χ4n) is 2.87. The van der Waals surface area contributed by atoms with Crippen LogP contribution in [0.25, 0.3) is 6.08 Å². The summed E-state index contributed by atoms with van der Waals surface area (Å²) in [5.41, 5.74) is 3.78. The zero-order valence-electron chi connectivity index (χ0n) is 14.3. The Balaban J connectivity index is 1.47. The Hall–Kier alpha value is -2.39. The highest BCUT2D eigenvalue weighted by Crippen LogP contribution is 2.09. The van der Waals surface area contributed by atoms with E-state index in [2.05, 4.69) is 82.6 Å². The van der Waals surface area contributed by atoms with Crippen LogP contribution in [0.3, 0.4) is 0 Å². The van der Waals surface area contributed by atoms with E-state index in [0.717, 1.165) is 32.7 Å². The fourth-order valence-corrected chi connectivity index (χ4v) is 2.87. The van der Waals surface area contributed by atoms with Crippen LogP contribution in [-0.4, -0.2) is 42.3 Å². The number of hydrazone groups is 1. The maximum Gasteiger partial charge on any atom is 0.0499 e. The van der Waals surface area contributed by atoms with Crippen LogP contribution in [0.4, 0.5) is 0 Å². The van der Waals surface area contributed by atoms with Crippen molar-refractivity contribution in [2.45, 2.75) is 13.5 Å². The van der Waals surface area contributed by atoms with Crippen LogP contribution >= 0.6 is 0 Å². The highest BCUT2D eigenvalue weighted by Gasteiger charge is 2.15. The lowest BCUT2D eigenvalue weighted by molar-refractivity contribution is 0.131. The Morgan fingerprint density at radius 1 is 0.917 bits per heavy atom. The molecule has 124 valence electrons. The number of nitrogens with zero attached hydrogens (tertiary/aromatic N) is 3. The first-order valence-electron chi connectivity index (χ1n) is 8.58. The Morgan fingerprint density at radius 2 is 1.54 bits per heavy atom. The second kappa shape index (κ2) is 8.46. The normalized spacial score (nSPS) is 16.7. The van der Waals surface area contributed by atoms with Gasteiger partial charge in [-0.05, 0) is 23.6 Å². The molecule has 0 atom stereocenters. The molecule has 3 heteroatoms. The number of hydrogen-bond donors (Lipinski definition) is 0. The molecule has 0 radical (unpaired) electrons. The summed E-state index contributed by atoms with van der Waals surface area (Å²) in [4.78, 5) is 2.49. The lowest BCUT2D eigenvalue weighted by Crippen LogP contribution is -2.43. The van der Waals surface area contributed by atoms with E-state index in [1.165, 1.54) is 16.7 Å². The zero-order valence-corrected chi connectivity index (χ0v) is 14.3. The number of piperazine rings is 1. The molecule has 3 rings (SSSR count). The van der Waals surface area contributed by atoms with Crippen LogP contribution in [0.15, 0.2) is 71.3 Å². The third-order valence-electron chi connectivity index (χ3n) is 4.22. The third-order valence-corrected chi connectivity index (χ3v) is 4.22. The molecular weight excluding hydrogens is 294 g/mol. The summed E-state index contributed by atoms with van der Waals surface area (Å²) in [7, 11) is 0. The van der Waals surface area contributed by atoms with E-state index in [1.54, 1.807) is 0 Å². The second-order valence-electron chi connectivity index (χ2n) is 6.26. The molecule has 0 spiro atoms. The maximum atomic E-state index is 4.63. The summed E-state index contributed by atoms with van der Waals surface area (Å²) in [6.45, 7) is 7.23. The molecule has 0 N–H and O–H groups in total. The van der Waals surface area contributed by atoms with Crippen LogP contribution < -0.4 is 0 Å². The number of benzene rings is 2. The molecule has 2 aromatic carbocycles. The molecule has 0 aliphatic carbocycles. The molecule has 1 aliphatic heterocycles. The van der Waals surface area contributed by atoms with Crippen molar-refractivity contribution in [1.82, 2.24) is 9.91 Å². The molecule has 0 unspecified atom stereocenters. The Bertz CT molecular complexity index is 669. The molecule has 0 saturated carbocycles. The Kier molecular flexibility index (Phi) is 5.80.